The van der Waals surface area contributed by atoms with Crippen LogP contribution >= 0.6 is 11.5 Å². The largest absolute Gasteiger partial charge is 0.452 e. The van der Waals surface area contributed by atoms with Gasteiger partial charge in [-0.2, -0.15) is 22.5 Å². The van der Waals surface area contributed by atoms with Crippen molar-refractivity contribution in [3.05, 3.63) is 5.82 Å². The molecule has 0 unspecified atom stereocenters. The molecule has 13 heavy (non-hydrogen) atoms. The monoisotopic (exact) mass is 212 g/mol. The predicted molar refractivity (Wildman–Crippen MR) is 42.5 cm³/mol. The molecule has 0 bridgehead atoms. The SMILES string of the molecule is NCCNc1nc(C(F)(F)F)ns1. The average molecular weight is 212 g/mol. The molecule has 0 atom stereocenters. The molecule has 0 saturated carbocycles. The van der Waals surface area contributed by atoms with Gasteiger partial charge in [0, 0.05) is 24.6 Å². The molecule has 0 saturated heterocycles. The Kier molecular flexibility index (Phi) is 3.04. The van der Waals surface area contributed by atoms with E-state index in [-0.39, 0.29) is 5.13 Å². The first-order chi connectivity index (χ1) is 6.04. The second kappa shape index (κ2) is 3.88. The molecular weight excluding hydrogens is 205 g/mol. The highest BCUT2D eigenvalue weighted by Gasteiger charge is 2.35. The maximum Gasteiger partial charge on any atom is 0.452 e. The fourth-order valence-corrected chi connectivity index (χ4v) is 1.20. The van der Waals surface area contributed by atoms with Crippen molar-refractivity contribution in [1.82, 2.24) is 9.36 Å². The third-order valence-electron chi connectivity index (χ3n) is 1.10. The first kappa shape index (κ1) is 10.2. The number of hydrogen-bond acceptors (Lipinski definition) is 5. The molecule has 8 heteroatoms. The van der Waals surface area contributed by atoms with E-state index in [2.05, 4.69) is 14.7 Å². The maximum absolute atomic E-state index is 12.0. The van der Waals surface area contributed by atoms with E-state index in [1.165, 1.54) is 0 Å². The fourth-order valence-electron chi connectivity index (χ4n) is 0.590. The Bertz CT molecular complexity index is 271. The molecule has 0 aliphatic rings. The molecule has 0 spiro atoms. The van der Waals surface area contributed by atoms with Gasteiger partial charge in [-0.1, -0.05) is 0 Å². The standard InChI is InChI=1S/C5H7F3N4S/c6-5(7,8)3-11-4(13-12-3)10-2-1-9/h1-2,9H2,(H,10,11,12). The Balaban J connectivity index is 2.64. The smallest absolute Gasteiger partial charge is 0.359 e. The normalized spacial score (nSPS) is 11.7. The molecule has 0 aliphatic heterocycles. The second-order valence-corrected chi connectivity index (χ2v) is 2.89. The number of nitrogens with two attached hydrogens (primary N) is 1. The maximum atomic E-state index is 12.0. The number of halogens is 3. The third-order valence-corrected chi connectivity index (χ3v) is 1.77. The van der Waals surface area contributed by atoms with E-state index in [0.29, 0.717) is 24.6 Å². The summed E-state index contributed by atoms with van der Waals surface area (Å²) in [4.78, 5) is 3.23. The lowest BCUT2D eigenvalue weighted by Crippen LogP contribution is -2.13. The molecule has 0 radical (unpaired) electrons. The van der Waals surface area contributed by atoms with Crippen LogP contribution in [0, 0.1) is 0 Å². The fraction of sp³-hybridized carbons (Fsp3) is 0.600. The molecule has 4 nitrogen and oxygen atoms in total. The number of alkyl halides is 3. The second-order valence-electron chi connectivity index (χ2n) is 2.14. The minimum atomic E-state index is -4.47. The first-order valence-electron chi connectivity index (χ1n) is 3.39. The van der Waals surface area contributed by atoms with Crippen LogP contribution in [0.4, 0.5) is 18.3 Å². The zero-order valence-electron chi connectivity index (χ0n) is 6.43. The summed E-state index contributed by atoms with van der Waals surface area (Å²) in [6.45, 7) is 0.716. The number of hydrogen-bond donors (Lipinski definition) is 2. The summed E-state index contributed by atoms with van der Waals surface area (Å²) in [5.74, 6) is -1.11. The van der Waals surface area contributed by atoms with Crippen LogP contribution in [0.15, 0.2) is 0 Å². The number of rotatable bonds is 3. The lowest BCUT2D eigenvalue weighted by atomic mass is 10.6. The summed E-state index contributed by atoms with van der Waals surface area (Å²) in [6, 6.07) is 0. The molecule has 74 valence electrons. The molecule has 0 amide bonds. The van der Waals surface area contributed by atoms with E-state index in [1.54, 1.807) is 0 Å². The van der Waals surface area contributed by atoms with E-state index in [1.807, 2.05) is 0 Å². The van der Waals surface area contributed by atoms with E-state index in [9.17, 15) is 13.2 Å². The van der Waals surface area contributed by atoms with Crippen LogP contribution in [0.3, 0.4) is 0 Å². The Morgan fingerprint density at radius 3 is 2.62 bits per heavy atom. The minimum absolute atomic E-state index is 0.137. The molecule has 1 heterocycles. The molecule has 0 aromatic carbocycles. The molecule has 0 aliphatic carbocycles. The molecular formula is C5H7F3N4S. The number of aromatic nitrogens is 2. The Morgan fingerprint density at radius 2 is 2.15 bits per heavy atom. The van der Waals surface area contributed by atoms with Crippen LogP contribution in [0.5, 0.6) is 0 Å². The summed E-state index contributed by atoms with van der Waals surface area (Å²) in [6.07, 6.45) is -4.47. The van der Waals surface area contributed by atoms with Crippen LogP contribution < -0.4 is 11.1 Å². The molecule has 1 aromatic heterocycles. The summed E-state index contributed by atoms with van der Waals surface area (Å²) in [7, 11) is 0. The van der Waals surface area contributed by atoms with Gasteiger partial charge in [0.25, 0.3) is 0 Å². The summed E-state index contributed by atoms with van der Waals surface area (Å²) in [5, 5.41) is 2.74. The molecule has 1 aromatic rings. The minimum Gasteiger partial charge on any atom is -0.359 e. The Morgan fingerprint density at radius 1 is 1.46 bits per heavy atom. The average Bonchev–Trinajstić information content (AvgIpc) is 2.47. The van der Waals surface area contributed by atoms with E-state index >= 15 is 0 Å². The highest BCUT2D eigenvalue weighted by atomic mass is 32.1. The van der Waals surface area contributed by atoms with Crippen molar-refractivity contribution < 1.29 is 13.2 Å². The van der Waals surface area contributed by atoms with Crippen molar-refractivity contribution in [1.29, 1.82) is 0 Å². The van der Waals surface area contributed by atoms with Crippen LogP contribution in [-0.2, 0) is 6.18 Å². The van der Waals surface area contributed by atoms with Gasteiger partial charge in [0.1, 0.15) is 0 Å². The lowest BCUT2D eigenvalue weighted by Gasteiger charge is -1.98. The third kappa shape index (κ3) is 2.81. The number of anilines is 1. The number of nitrogens with zero attached hydrogens (tertiary/aromatic N) is 2. The van der Waals surface area contributed by atoms with Crippen molar-refractivity contribution in [2.75, 3.05) is 18.4 Å². The van der Waals surface area contributed by atoms with Crippen LogP contribution in [0.1, 0.15) is 5.82 Å². The van der Waals surface area contributed by atoms with E-state index in [4.69, 9.17) is 5.73 Å². The van der Waals surface area contributed by atoms with Gasteiger partial charge >= 0.3 is 6.18 Å². The van der Waals surface area contributed by atoms with Gasteiger partial charge in [0.2, 0.25) is 11.0 Å². The van der Waals surface area contributed by atoms with Crippen LogP contribution in [-0.4, -0.2) is 22.4 Å². The predicted octanol–water partition coefficient (Wildman–Crippen LogP) is 0.928. The Hall–Kier alpha value is -0.890. The summed E-state index contributed by atoms with van der Waals surface area (Å²) in [5.41, 5.74) is 5.14. The van der Waals surface area contributed by atoms with Gasteiger partial charge in [0.15, 0.2) is 0 Å². The van der Waals surface area contributed by atoms with Gasteiger partial charge in [-0.05, 0) is 0 Å². The summed E-state index contributed by atoms with van der Waals surface area (Å²) < 4.78 is 39.0. The molecule has 1 rings (SSSR count). The lowest BCUT2D eigenvalue weighted by molar-refractivity contribution is -0.144. The molecule has 0 fully saturated rings. The van der Waals surface area contributed by atoms with Gasteiger partial charge in [0.05, 0.1) is 0 Å². The van der Waals surface area contributed by atoms with Crippen molar-refractivity contribution in [3.8, 4) is 0 Å². The highest BCUT2D eigenvalue weighted by Crippen LogP contribution is 2.28. The van der Waals surface area contributed by atoms with E-state index < -0.39 is 12.0 Å². The van der Waals surface area contributed by atoms with Gasteiger partial charge in [-0.15, -0.1) is 0 Å². The number of nitrogens with one attached hydrogen (secondary N) is 1. The van der Waals surface area contributed by atoms with Gasteiger partial charge < -0.3 is 11.1 Å². The first-order valence-corrected chi connectivity index (χ1v) is 4.16. The molecule has 3 N–H and O–H groups in total. The highest BCUT2D eigenvalue weighted by molar-refractivity contribution is 7.09. The van der Waals surface area contributed by atoms with E-state index in [0.717, 1.165) is 0 Å². The van der Waals surface area contributed by atoms with Crippen molar-refractivity contribution in [2.45, 2.75) is 6.18 Å². The zero-order chi connectivity index (χ0) is 9.90. The van der Waals surface area contributed by atoms with Crippen molar-refractivity contribution in [2.24, 2.45) is 5.73 Å². The zero-order valence-corrected chi connectivity index (χ0v) is 7.24. The quantitative estimate of drug-likeness (QED) is 0.782. The Labute approximate surface area is 76.1 Å². The van der Waals surface area contributed by atoms with Crippen molar-refractivity contribution in [3.63, 3.8) is 0 Å². The van der Waals surface area contributed by atoms with Crippen LogP contribution in [0.25, 0.3) is 0 Å². The van der Waals surface area contributed by atoms with Gasteiger partial charge in [-0.25, -0.2) is 0 Å². The van der Waals surface area contributed by atoms with Gasteiger partial charge in [-0.3, -0.25) is 0 Å². The van der Waals surface area contributed by atoms with Crippen molar-refractivity contribution >= 4 is 16.7 Å². The topological polar surface area (TPSA) is 63.8 Å². The van der Waals surface area contributed by atoms with Crippen LogP contribution in [0.2, 0.25) is 0 Å². The summed E-state index contributed by atoms with van der Waals surface area (Å²) >= 11 is 0.669.